The van der Waals surface area contributed by atoms with Crippen molar-refractivity contribution in [2.24, 2.45) is 5.41 Å². The first-order valence-electron chi connectivity index (χ1n) is 6.44. The first-order valence-corrected chi connectivity index (χ1v) is 6.44. The zero-order valence-electron chi connectivity index (χ0n) is 12.9. The largest absolute Gasteiger partial charge is 0.496 e. The molecule has 1 aromatic rings. The molecule has 0 unspecified atom stereocenters. The molecule has 0 fully saturated rings. The molecule has 7 heteroatoms. The SMILES string of the molecule is CC(CO)(CO)CO.COc1cc(OC)c(C=O)cc1C=O. The first kappa shape index (κ1) is 20.0. The summed E-state index contributed by atoms with van der Waals surface area (Å²) in [7, 11) is 2.89. The molecule has 0 bridgehead atoms. The maximum atomic E-state index is 10.6. The molecule has 0 aliphatic rings. The summed E-state index contributed by atoms with van der Waals surface area (Å²) in [5, 5.41) is 25.4. The summed E-state index contributed by atoms with van der Waals surface area (Å²) in [6.45, 7) is 1.06. The van der Waals surface area contributed by atoms with Gasteiger partial charge in [0.05, 0.1) is 45.2 Å². The van der Waals surface area contributed by atoms with Crippen LogP contribution in [0.4, 0.5) is 0 Å². The van der Waals surface area contributed by atoms with Crippen LogP contribution in [0.25, 0.3) is 0 Å². The Bertz CT molecular complexity index is 442. The van der Waals surface area contributed by atoms with E-state index in [2.05, 4.69) is 0 Å². The fourth-order valence-electron chi connectivity index (χ4n) is 1.28. The standard InChI is InChI=1S/C10H10O4.C5H12O3/c1-13-9-4-10(14-2)8(6-12)3-7(9)5-11;1-5(2-6,3-7)4-8/h3-6H,1-2H3;6-8H,2-4H2,1H3. The van der Waals surface area contributed by atoms with Gasteiger partial charge in [0.1, 0.15) is 11.5 Å². The highest BCUT2D eigenvalue weighted by Crippen LogP contribution is 2.26. The third-order valence-corrected chi connectivity index (χ3v) is 2.98. The van der Waals surface area contributed by atoms with Crippen molar-refractivity contribution in [3.8, 4) is 11.5 Å². The lowest BCUT2D eigenvalue weighted by Crippen LogP contribution is -2.29. The van der Waals surface area contributed by atoms with Crippen LogP contribution in [0, 0.1) is 5.41 Å². The van der Waals surface area contributed by atoms with E-state index in [1.54, 1.807) is 6.92 Å². The minimum Gasteiger partial charge on any atom is -0.496 e. The van der Waals surface area contributed by atoms with Gasteiger partial charge in [-0.15, -0.1) is 0 Å². The number of hydrogen-bond acceptors (Lipinski definition) is 7. The smallest absolute Gasteiger partial charge is 0.153 e. The predicted molar refractivity (Wildman–Crippen MR) is 79.7 cm³/mol. The van der Waals surface area contributed by atoms with Crippen LogP contribution in [0.3, 0.4) is 0 Å². The molecule has 1 aromatic carbocycles. The van der Waals surface area contributed by atoms with Crippen LogP contribution in [-0.2, 0) is 0 Å². The van der Waals surface area contributed by atoms with E-state index >= 15 is 0 Å². The van der Waals surface area contributed by atoms with E-state index in [0.29, 0.717) is 35.2 Å². The molecule has 0 atom stereocenters. The van der Waals surface area contributed by atoms with E-state index in [1.165, 1.54) is 26.4 Å². The van der Waals surface area contributed by atoms with Crippen molar-refractivity contribution in [3.63, 3.8) is 0 Å². The van der Waals surface area contributed by atoms with Gasteiger partial charge in [0.2, 0.25) is 0 Å². The second-order valence-electron chi connectivity index (χ2n) is 4.86. The molecular weight excluding hydrogens is 292 g/mol. The number of rotatable bonds is 7. The van der Waals surface area contributed by atoms with Gasteiger partial charge in [-0.1, -0.05) is 6.92 Å². The molecule has 0 saturated heterocycles. The van der Waals surface area contributed by atoms with Gasteiger partial charge in [0, 0.05) is 11.5 Å². The maximum absolute atomic E-state index is 10.6. The third-order valence-electron chi connectivity index (χ3n) is 2.98. The zero-order valence-corrected chi connectivity index (χ0v) is 12.9. The van der Waals surface area contributed by atoms with Crippen molar-refractivity contribution in [3.05, 3.63) is 23.3 Å². The average Bonchev–Trinajstić information content (AvgIpc) is 2.60. The highest BCUT2D eigenvalue weighted by molar-refractivity contribution is 5.87. The summed E-state index contributed by atoms with van der Waals surface area (Å²) in [5.74, 6) is 0.782. The molecule has 22 heavy (non-hydrogen) atoms. The van der Waals surface area contributed by atoms with Crippen molar-refractivity contribution in [2.45, 2.75) is 6.92 Å². The first-order chi connectivity index (χ1) is 10.4. The monoisotopic (exact) mass is 314 g/mol. The van der Waals surface area contributed by atoms with Crippen LogP contribution < -0.4 is 9.47 Å². The van der Waals surface area contributed by atoms with Gasteiger partial charge in [-0.2, -0.15) is 0 Å². The number of aldehydes is 2. The van der Waals surface area contributed by atoms with Crippen molar-refractivity contribution in [1.82, 2.24) is 0 Å². The van der Waals surface area contributed by atoms with E-state index < -0.39 is 5.41 Å². The van der Waals surface area contributed by atoms with Gasteiger partial charge in [0.15, 0.2) is 12.6 Å². The van der Waals surface area contributed by atoms with E-state index in [0.717, 1.165) is 0 Å². The Labute approximate surface area is 129 Å². The normalized spacial score (nSPS) is 10.3. The number of carbonyl (C=O) groups excluding carboxylic acids is 2. The third kappa shape index (κ3) is 5.44. The van der Waals surface area contributed by atoms with E-state index in [9.17, 15) is 9.59 Å². The molecule has 0 radical (unpaired) electrons. The lowest BCUT2D eigenvalue weighted by atomic mass is 9.95. The van der Waals surface area contributed by atoms with E-state index in [-0.39, 0.29) is 19.8 Å². The number of hydrogen-bond donors (Lipinski definition) is 3. The molecule has 0 aliphatic heterocycles. The Kier molecular flexibility index (Phi) is 9.00. The highest BCUT2D eigenvalue weighted by atomic mass is 16.5. The summed E-state index contributed by atoms with van der Waals surface area (Å²) < 4.78 is 9.90. The molecule has 0 aromatic heterocycles. The summed E-state index contributed by atoms with van der Waals surface area (Å²) in [4.78, 5) is 21.2. The second kappa shape index (κ2) is 9.88. The topological polar surface area (TPSA) is 113 Å². The minimum atomic E-state index is -0.708. The summed E-state index contributed by atoms with van der Waals surface area (Å²) in [5.41, 5.74) is -0.0502. The van der Waals surface area contributed by atoms with Crippen LogP contribution in [0.5, 0.6) is 11.5 Å². The van der Waals surface area contributed by atoms with Gasteiger partial charge in [0.25, 0.3) is 0 Å². The minimum absolute atomic E-state index is 0.181. The quantitative estimate of drug-likeness (QED) is 0.620. The van der Waals surface area contributed by atoms with Crippen molar-refractivity contribution in [1.29, 1.82) is 0 Å². The van der Waals surface area contributed by atoms with Gasteiger partial charge >= 0.3 is 0 Å². The fourth-order valence-corrected chi connectivity index (χ4v) is 1.28. The van der Waals surface area contributed by atoms with Crippen molar-refractivity contribution < 1.29 is 34.4 Å². The molecule has 0 amide bonds. The van der Waals surface area contributed by atoms with Crippen molar-refractivity contribution >= 4 is 12.6 Å². The van der Waals surface area contributed by atoms with Crippen LogP contribution in [0.2, 0.25) is 0 Å². The lowest BCUT2D eigenvalue weighted by molar-refractivity contribution is 0.0200. The molecule has 0 saturated carbocycles. The zero-order chi connectivity index (χ0) is 17.2. The molecule has 7 nitrogen and oxygen atoms in total. The number of aliphatic hydroxyl groups is 3. The summed E-state index contributed by atoms with van der Waals surface area (Å²) in [6.07, 6.45) is 1.26. The lowest BCUT2D eigenvalue weighted by Gasteiger charge is -2.20. The number of methoxy groups -OCH3 is 2. The second-order valence-corrected chi connectivity index (χ2v) is 4.86. The molecule has 0 aliphatic carbocycles. The van der Waals surface area contributed by atoms with Crippen molar-refractivity contribution in [2.75, 3.05) is 34.0 Å². The molecular formula is C15H22O7. The van der Waals surface area contributed by atoms with Gasteiger partial charge in [-0.05, 0) is 6.07 Å². The van der Waals surface area contributed by atoms with Gasteiger partial charge in [-0.3, -0.25) is 9.59 Å². The number of benzene rings is 1. The summed E-state index contributed by atoms with van der Waals surface area (Å²) in [6, 6.07) is 2.94. The molecule has 1 rings (SSSR count). The van der Waals surface area contributed by atoms with E-state index in [4.69, 9.17) is 24.8 Å². The van der Waals surface area contributed by atoms with Crippen LogP contribution in [0.1, 0.15) is 27.6 Å². The molecule has 0 spiro atoms. The maximum Gasteiger partial charge on any atom is 0.153 e. The Morgan fingerprint density at radius 3 is 1.45 bits per heavy atom. The van der Waals surface area contributed by atoms with Gasteiger partial charge in [-0.25, -0.2) is 0 Å². The Balaban J connectivity index is 0.000000472. The molecule has 124 valence electrons. The molecule has 3 N–H and O–H groups in total. The van der Waals surface area contributed by atoms with Gasteiger partial charge < -0.3 is 24.8 Å². The number of ether oxygens (including phenoxy) is 2. The average molecular weight is 314 g/mol. The summed E-state index contributed by atoms with van der Waals surface area (Å²) >= 11 is 0. The predicted octanol–water partition coefficient (Wildman–Crippen LogP) is 0.298. The molecule has 0 heterocycles. The van der Waals surface area contributed by atoms with Crippen LogP contribution in [0.15, 0.2) is 12.1 Å². The Morgan fingerprint density at radius 2 is 1.27 bits per heavy atom. The van der Waals surface area contributed by atoms with E-state index in [1.807, 2.05) is 0 Å². The Hall–Kier alpha value is -1.96. The highest BCUT2D eigenvalue weighted by Gasteiger charge is 2.20. The van der Waals surface area contributed by atoms with Crippen LogP contribution >= 0.6 is 0 Å². The Morgan fingerprint density at radius 1 is 0.909 bits per heavy atom. The number of carbonyl (C=O) groups is 2. The fraction of sp³-hybridized carbons (Fsp3) is 0.467. The number of aliphatic hydroxyl groups excluding tert-OH is 3. The van der Waals surface area contributed by atoms with Crippen LogP contribution in [-0.4, -0.2) is 61.9 Å².